The van der Waals surface area contributed by atoms with Crippen molar-refractivity contribution in [1.29, 1.82) is 0 Å². The molecule has 0 radical (unpaired) electrons. The minimum Gasteiger partial charge on any atom is -0.381 e. The summed E-state index contributed by atoms with van der Waals surface area (Å²) in [7, 11) is 1.81. The quantitative estimate of drug-likeness (QED) is 0.177. The zero-order chi connectivity index (χ0) is 19.0. The number of aliphatic imine (C=N–C) groups is 1. The number of piperidine rings is 1. The van der Waals surface area contributed by atoms with Gasteiger partial charge in [0.15, 0.2) is 5.96 Å². The fourth-order valence-electron chi connectivity index (χ4n) is 3.50. The van der Waals surface area contributed by atoms with Gasteiger partial charge in [-0.05, 0) is 31.6 Å². The number of primary amides is 1. The molecule has 0 aromatic rings. The third-order valence-corrected chi connectivity index (χ3v) is 4.91. The predicted octanol–water partition coefficient (Wildman–Crippen LogP) is 3.53. The average molecular weight is 496 g/mol. The van der Waals surface area contributed by atoms with Crippen LogP contribution < -0.4 is 11.1 Å². The number of carbonyl (C=O) groups is 1. The molecule has 7 heteroatoms. The summed E-state index contributed by atoms with van der Waals surface area (Å²) < 4.78 is 5.72. The SMILES string of the molecule is CCCCCCCCOCCCNC(=NC)N1CCCC(CC(N)=O)C1.I. The van der Waals surface area contributed by atoms with Gasteiger partial charge in [0.2, 0.25) is 5.91 Å². The van der Waals surface area contributed by atoms with Gasteiger partial charge in [-0.2, -0.15) is 0 Å². The molecular formula is C20H41IN4O2. The second-order valence-corrected chi connectivity index (χ2v) is 7.33. The van der Waals surface area contributed by atoms with E-state index in [2.05, 4.69) is 22.1 Å². The number of nitrogens with zero attached hydrogens (tertiary/aromatic N) is 2. The second-order valence-electron chi connectivity index (χ2n) is 7.33. The van der Waals surface area contributed by atoms with Crippen LogP contribution in [0.2, 0.25) is 0 Å². The lowest BCUT2D eigenvalue weighted by molar-refractivity contribution is -0.119. The molecule has 0 spiro atoms. The van der Waals surface area contributed by atoms with Crippen LogP contribution in [0.4, 0.5) is 0 Å². The van der Waals surface area contributed by atoms with Gasteiger partial charge < -0.3 is 20.7 Å². The number of nitrogens with two attached hydrogens (primary N) is 1. The molecule has 0 bridgehead atoms. The predicted molar refractivity (Wildman–Crippen MR) is 124 cm³/mol. The Labute approximate surface area is 183 Å². The molecule has 1 fully saturated rings. The van der Waals surface area contributed by atoms with Crippen molar-refractivity contribution in [2.45, 2.75) is 71.1 Å². The van der Waals surface area contributed by atoms with Crippen molar-refractivity contribution in [2.24, 2.45) is 16.6 Å². The second kappa shape index (κ2) is 17.5. The Kier molecular flexibility index (Phi) is 17.2. The van der Waals surface area contributed by atoms with Crippen molar-refractivity contribution in [2.75, 3.05) is 39.9 Å². The zero-order valence-electron chi connectivity index (χ0n) is 17.4. The Morgan fingerprint density at radius 1 is 1.19 bits per heavy atom. The number of halogens is 1. The lowest BCUT2D eigenvalue weighted by Crippen LogP contribution is -2.47. The first-order valence-corrected chi connectivity index (χ1v) is 10.5. The van der Waals surface area contributed by atoms with Crippen molar-refractivity contribution in [1.82, 2.24) is 10.2 Å². The Morgan fingerprint density at radius 3 is 2.59 bits per heavy atom. The molecule has 160 valence electrons. The Hall–Kier alpha value is -0.570. The van der Waals surface area contributed by atoms with Gasteiger partial charge in [-0.25, -0.2) is 0 Å². The van der Waals surface area contributed by atoms with E-state index in [1.165, 1.54) is 38.5 Å². The van der Waals surface area contributed by atoms with E-state index in [1.807, 2.05) is 7.05 Å². The number of amides is 1. The van der Waals surface area contributed by atoms with Crippen molar-refractivity contribution < 1.29 is 9.53 Å². The Balaban J connectivity index is 0.00000676. The summed E-state index contributed by atoms with van der Waals surface area (Å²) in [5.74, 6) is 1.07. The van der Waals surface area contributed by atoms with Gasteiger partial charge >= 0.3 is 0 Å². The minimum absolute atomic E-state index is 0. The van der Waals surface area contributed by atoms with Crippen LogP contribution in [0, 0.1) is 5.92 Å². The fourth-order valence-corrected chi connectivity index (χ4v) is 3.50. The summed E-state index contributed by atoms with van der Waals surface area (Å²) >= 11 is 0. The summed E-state index contributed by atoms with van der Waals surface area (Å²) in [5.41, 5.74) is 5.34. The van der Waals surface area contributed by atoms with Gasteiger partial charge in [0.05, 0.1) is 0 Å². The zero-order valence-corrected chi connectivity index (χ0v) is 19.7. The topological polar surface area (TPSA) is 79.9 Å². The van der Waals surface area contributed by atoms with E-state index in [-0.39, 0.29) is 29.9 Å². The van der Waals surface area contributed by atoms with E-state index in [0.29, 0.717) is 12.3 Å². The van der Waals surface area contributed by atoms with Gasteiger partial charge in [-0.3, -0.25) is 9.79 Å². The molecule has 1 rings (SSSR count). The lowest BCUT2D eigenvalue weighted by Gasteiger charge is -2.34. The van der Waals surface area contributed by atoms with Gasteiger partial charge in [-0.15, -0.1) is 24.0 Å². The van der Waals surface area contributed by atoms with Gasteiger partial charge in [0, 0.05) is 46.3 Å². The highest BCUT2D eigenvalue weighted by Crippen LogP contribution is 2.19. The van der Waals surface area contributed by atoms with Crippen LogP contribution in [0.1, 0.15) is 71.1 Å². The molecule has 0 aromatic heterocycles. The Bertz CT molecular complexity index is 407. The number of likely N-dealkylation sites (tertiary alicyclic amines) is 1. The number of nitrogens with one attached hydrogen (secondary N) is 1. The molecule has 27 heavy (non-hydrogen) atoms. The Morgan fingerprint density at radius 2 is 1.89 bits per heavy atom. The first-order chi connectivity index (χ1) is 12.7. The van der Waals surface area contributed by atoms with E-state index in [0.717, 1.165) is 58.1 Å². The molecule has 3 N–H and O–H groups in total. The molecule has 0 aromatic carbocycles. The minimum atomic E-state index is -0.206. The first kappa shape index (κ1) is 26.4. The van der Waals surface area contributed by atoms with Crippen LogP contribution in [0.5, 0.6) is 0 Å². The highest BCUT2D eigenvalue weighted by Gasteiger charge is 2.23. The molecule has 1 amide bonds. The van der Waals surface area contributed by atoms with E-state index in [4.69, 9.17) is 10.5 Å². The number of hydrogen-bond donors (Lipinski definition) is 2. The highest BCUT2D eigenvalue weighted by atomic mass is 127. The number of carbonyl (C=O) groups excluding carboxylic acids is 1. The van der Waals surface area contributed by atoms with Crippen LogP contribution in [0.3, 0.4) is 0 Å². The number of hydrogen-bond acceptors (Lipinski definition) is 3. The molecular weight excluding hydrogens is 455 g/mol. The average Bonchev–Trinajstić information content (AvgIpc) is 2.62. The van der Waals surface area contributed by atoms with Crippen LogP contribution >= 0.6 is 24.0 Å². The third kappa shape index (κ3) is 13.3. The molecule has 1 heterocycles. The number of ether oxygens (including phenoxy) is 1. The van der Waals surface area contributed by atoms with Crippen LogP contribution in [0.15, 0.2) is 4.99 Å². The van der Waals surface area contributed by atoms with Crippen LogP contribution in [-0.2, 0) is 9.53 Å². The van der Waals surface area contributed by atoms with Crippen molar-refractivity contribution in [3.05, 3.63) is 0 Å². The largest absolute Gasteiger partial charge is 0.381 e. The van der Waals surface area contributed by atoms with Crippen LogP contribution in [0.25, 0.3) is 0 Å². The maximum atomic E-state index is 11.1. The standard InChI is InChI=1S/C20H40N4O2.HI/c1-3-4-5-6-7-8-14-26-15-10-12-23-20(22-2)24-13-9-11-18(17-24)16-19(21)25;/h18H,3-17H2,1-2H3,(H2,21,25)(H,22,23);1H. The molecule has 6 nitrogen and oxygen atoms in total. The monoisotopic (exact) mass is 496 g/mol. The molecule has 1 aliphatic heterocycles. The first-order valence-electron chi connectivity index (χ1n) is 10.5. The van der Waals surface area contributed by atoms with E-state index in [1.54, 1.807) is 0 Å². The summed E-state index contributed by atoms with van der Waals surface area (Å²) in [6, 6.07) is 0. The fraction of sp³-hybridized carbons (Fsp3) is 0.900. The molecule has 1 aliphatic rings. The number of guanidine groups is 1. The summed E-state index contributed by atoms with van der Waals surface area (Å²) in [4.78, 5) is 17.8. The summed E-state index contributed by atoms with van der Waals surface area (Å²) in [5, 5.41) is 3.42. The van der Waals surface area contributed by atoms with Crippen molar-refractivity contribution in [3.8, 4) is 0 Å². The smallest absolute Gasteiger partial charge is 0.217 e. The van der Waals surface area contributed by atoms with E-state index >= 15 is 0 Å². The molecule has 0 aliphatic carbocycles. The van der Waals surface area contributed by atoms with Gasteiger partial charge in [0.25, 0.3) is 0 Å². The molecule has 1 unspecified atom stereocenters. The maximum absolute atomic E-state index is 11.1. The van der Waals surface area contributed by atoms with Crippen molar-refractivity contribution >= 4 is 35.8 Å². The van der Waals surface area contributed by atoms with Gasteiger partial charge in [-0.1, -0.05) is 39.0 Å². The highest BCUT2D eigenvalue weighted by molar-refractivity contribution is 14.0. The summed E-state index contributed by atoms with van der Waals surface area (Å²) in [6.07, 6.45) is 11.4. The molecule has 1 saturated heterocycles. The molecule has 1 atom stereocenters. The summed E-state index contributed by atoms with van der Waals surface area (Å²) in [6.45, 7) is 6.63. The molecule has 0 saturated carbocycles. The maximum Gasteiger partial charge on any atom is 0.217 e. The van der Waals surface area contributed by atoms with E-state index in [9.17, 15) is 4.79 Å². The lowest BCUT2D eigenvalue weighted by atomic mass is 9.95. The van der Waals surface area contributed by atoms with E-state index < -0.39 is 0 Å². The van der Waals surface area contributed by atoms with Crippen molar-refractivity contribution in [3.63, 3.8) is 0 Å². The van der Waals surface area contributed by atoms with Crippen LogP contribution in [-0.4, -0.2) is 56.7 Å². The normalized spacial score (nSPS) is 17.5. The van der Waals surface area contributed by atoms with Gasteiger partial charge in [0.1, 0.15) is 0 Å². The third-order valence-electron chi connectivity index (χ3n) is 4.91. The number of rotatable bonds is 13. The number of unbranched alkanes of at least 4 members (excludes halogenated alkanes) is 5.